The predicted molar refractivity (Wildman–Crippen MR) is 57.5 cm³/mol. The van der Waals surface area contributed by atoms with Crippen molar-refractivity contribution < 1.29 is 33.0 Å². The number of halogens is 3. The average Bonchev–Trinajstić information content (AvgIpc) is 2.27. The van der Waals surface area contributed by atoms with E-state index in [2.05, 4.69) is 0 Å². The van der Waals surface area contributed by atoms with Crippen molar-refractivity contribution in [3.05, 3.63) is 29.8 Å². The second-order valence-electron chi connectivity index (χ2n) is 3.69. The summed E-state index contributed by atoms with van der Waals surface area (Å²) in [6, 6.07) is 5.08. The summed E-state index contributed by atoms with van der Waals surface area (Å²) in [6.45, 7) is -0.725. The summed E-state index contributed by atoms with van der Waals surface area (Å²) in [5, 5.41) is 19.6. The molecule has 3 N–H and O–H groups in total. The Bertz CT molecular complexity index is 487. The second kappa shape index (κ2) is 5.59. The van der Waals surface area contributed by atoms with Crippen LogP contribution in [0.4, 0.5) is 13.2 Å². The van der Waals surface area contributed by atoms with Crippen LogP contribution in [0.25, 0.3) is 0 Å². The number of carbonyl (C=O) groups is 2. The number of amides is 1. The number of carbonyl (C=O) groups excluding carboxylic acids is 1. The third kappa shape index (κ3) is 4.16. The fourth-order valence-electron chi connectivity index (χ4n) is 1.38. The highest BCUT2D eigenvalue weighted by molar-refractivity contribution is 5.83. The maximum Gasteiger partial charge on any atom is 0.471 e. The van der Waals surface area contributed by atoms with Crippen molar-refractivity contribution in [1.82, 2.24) is 5.32 Å². The summed E-state index contributed by atoms with van der Waals surface area (Å²) in [7, 11) is 0. The molecule has 1 unspecified atom stereocenters. The van der Waals surface area contributed by atoms with Crippen LogP contribution in [-0.4, -0.2) is 34.8 Å². The number of benzene rings is 1. The number of aliphatic carboxylic acids is 1. The van der Waals surface area contributed by atoms with E-state index in [0.717, 1.165) is 6.07 Å². The van der Waals surface area contributed by atoms with E-state index in [9.17, 15) is 27.9 Å². The molecule has 1 rings (SSSR count). The zero-order valence-electron chi connectivity index (χ0n) is 9.44. The summed E-state index contributed by atoms with van der Waals surface area (Å²) in [5.74, 6) is -5.21. The van der Waals surface area contributed by atoms with Crippen LogP contribution in [0.1, 0.15) is 11.5 Å². The highest BCUT2D eigenvalue weighted by Gasteiger charge is 2.39. The maximum absolute atomic E-state index is 12.0. The Labute approximate surface area is 105 Å². The fraction of sp³-hybridized carbons (Fsp3) is 0.273. The standard InChI is InChI=1S/C11H10F3NO4/c12-11(13,14)10(19)15-5-8(9(17)18)6-2-1-3-7(16)4-6/h1-4,8,16H,5H2,(H,15,19)(H,17,18). The molecule has 8 heteroatoms. The lowest BCUT2D eigenvalue weighted by Crippen LogP contribution is -2.40. The summed E-state index contributed by atoms with van der Waals surface area (Å²) in [6.07, 6.45) is -5.07. The average molecular weight is 277 g/mol. The van der Waals surface area contributed by atoms with E-state index in [0.29, 0.717) is 0 Å². The van der Waals surface area contributed by atoms with E-state index in [1.54, 1.807) is 0 Å². The van der Waals surface area contributed by atoms with Crippen molar-refractivity contribution in [1.29, 1.82) is 0 Å². The number of hydrogen-bond acceptors (Lipinski definition) is 3. The summed E-state index contributed by atoms with van der Waals surface area (Å²) in [5.41, 5.74) is 0.0926. The minimum Gasteiger partial charge on any atom is -0.508 e. The molecule has 19 heavy (non-hydrogen) atoms. The van der Waals surface area contributed by atoms with Crippen LogP contribution in [-0.2, 0) is 9.59 Å². The minimum atomic E-state index is -5.07. The smallest absolute Gasteiger partial charge is 0.471 e. The van der Waals surface area contributed by atoms with Crippen LogP contribution in [0.15, 0.2) is 24.3 Å². The first-order chi connectivity index (χ1) is 8.71. The molecule has 0 spiro atoms. The number of hydrogen-bond donors (Lipinski definition) is 3. The van der Waals surface area contributed by atoms with Gasteiger partial charge in [-0.1, -0.05) is 12.1 Å². The molecule has 0 aromatic heterocycles. The Morgan fingerprint density at radius 3 is 2.42 bits per heavy atom. The Balaban J connectivity index is 2.81. The zero-order valence-corrected chi connectivity index (χ0v) is 9.44. The van der Waals surface area contributed by atoms with Gasteiger partial charge in [-0.05, 0) is 17.7 Å². The van der Waals surface area contributed by atoms with Crippen LogP contribution in [0.3, 0.4) is 0 Å². The molecule has 0 bridgehead atoms. The van der Waals surface area contributed by atoms with Gasteiger partial charge in [-0.15, -0.1) is 0 Å². The SMILES string of the molecule is O=C(O)C(CNC(=O)C(F)(F)F)c1cccc(O)c1. The molecule has 5 nitrogen and oxygen atoms in total. The van der Waals surface area contributed by atoms with E-state index < -0.39 is 30.5 Å². The van der Waals surface area contributed by atoms with E-state index >= 15 is 0 Å². The molecule has 104 valence electrons. The van der Waals surface area contributed by atoms with E-state index in [-0.39, 0.29) is 11.3 Å². The second-order valence-corrected chi connectivity index (χ2v) is 3.69. The van der Waals surface area contributed by atoms with Crippen molar-refractivity contribution in [3.63, 3.8) is 0 Å². The number of carboxylic acids is 1. The zero-order chi connectivity index (χ0) is 14.6. The lowest BCUT2D eigenvalue weighted by Gasteiger charge is -2.14. The first-order valence-corrected chi connectivity index (χ1v) is 5.08. The molecule has 1 aromatic rings. The Kier molecular flexibility index (Phi) is 4.36. The Hall–Kier alpha value is -2.25. The Morgan fingerprint density at radius 2 is 1.95 bits per heavy atom. The van der Waals surface area contributed by atoms with E-state index in [1.165, 1.54) is 23.5 Å². The molecule has 1 atom stereocenters. The van der Waals surface area contributed by atoms with Gasteiger partial charge in [0.2, 0.25) is 0 Å². The van der Waals surface area contributed by atoms with Gasteiger partial charge in [-0.2, -0.15) is 13.2 Å². The molecule has 1 aromatic carbocycles. The van der Waals surface area contributed by atoms with Gasteiger partial charge in [0.05, 0.1) is 5.92 Å². The third-order valence-corrected chi connectivity index (χ3v) is 2.29. The summed E-state index contributed by atoms with van der Waals surface area (Å²) >= 11 is 0. The molecule has 0 aliphatic rings. The molecule has 0 fully saturated rings. The van der Waals surface area contributed by atoms with Crippen LogP contribution in [0, 0.1) is 0 Å². The molecular formula is C11H10F3NO4. The summed E-state index contributed by atoms with van der Waals surface area (Å²) < 4.78 is 35.9. The van der Waals surface area contributed by atoms with Gasteiger partial charge in [-0.25, -0.2) is 0 Å². The molecule has 0 radical (unpaired) electrons. The first-order valence-electron chi connectivity index (χ1n) is 5.08. The van der Waals surface area contributed by atoms with Gasteiger partial charge in [0.15, 0.2) is 0 Å². The molecule has 0 saturated heterocycles. The molecule has 0 aliphatic carbocycles. The largest absolute Gasteiger partial charge is 0.508 e. The lowest BCUT2D eigenvalue weighted by molar-refractivity contribution is -0.173. The van der Waals surface area contributed by atoms with Crippen molar-refractivity contribution in [2.75, 3.05) is 6.54 Å². The van der Waals surface area contributed by atoms with Gasteiger partial charge < -0.3 is 15.5 Å². The molecule has 0 heterocycles. The number of alkyl halides is 3. The van der Waals surface area contributed by atoms with Crippen LogP contribution < -0.4 is 5.32 Å². The molecule has 0 aliphatic heterocycles. The third-order valence-electron chi connectivity index (χ3n) is 2.29. The van der Waals surface area contributed by atoms with E-state index in [1.807, 2.05) is 0 Å². The minimum absolute atomic E-state index is 0.0926. The quantitative estimate of drug-likeness (QED) is 0.772. The number of phenols is 1. The van der Waals surface area contributed by atoms with Crippen LogP contribution in [0.2, 0.25) is 0 Å². The number of phenolic OH excluding ortho intramolecular Hbond substituents is 1. The number of nitrogens with one attached hydrogen (secondary N) is 1. The highest BCUT2D eigenvalue weighted by Crippen LogP contribution is 2.21. The van der Waals surface area contributed by atoms with Gasteiger partial charge >= 0.3 is 18.1 Å². The topological polar surface area (TPSA) is 86.6 Å². The normalized spacial score (nSPS) is 12.8. The van der Waals surface area contributed by atoms with E-state index in [4.69, 9.17) is 5.11 Å². The van der Waals surface area contributed by atoms with Gasteiger partial charge in [0.1, 0.15) is 5.75 Å². The number of rotatable bonds is 4. The molecule has 1 amide bonds. The predicted octanol–water partition coefficient (Wildman–Crippen LogP) is 1.24. The van der Waals surface area contributed by atoms with Crippen LogP contribution >= 0.6 is 0 Å². The molecular weight excluding hydrogens is 267 g/mol. The monoisotopic (exact) mass is 277 g/mol. The van der Waals surface area contributed by atoms with Crippen molar-refractivity contribution in [3.8, 4) is 5.75 Å². The number of carboxylic acid groups (broad SMARTS) is 1. The van der Waals surface area contributed by atoms with Crippen molar-refractivity contribution in [2.24, 2.45) is 0 Å². The van der Waals surface area contributed by atoms with Crippen LogP contribution in [0.5, 0.6) is 5.75 Å². The maximum atomic E-state index is 12.0. The fourth-order valence-corrected chi connectivity index (χ4v) is 1.38. The van der Waals surface area contributed by atoms with Crippen molar-refractivity contribution >= 4 is 11.9 Å². The van der Waals surface area contributed by atoms with Gasteiger partial charge in [0, 0.05) is 6.54 Å². The summed E-state index contributed by atoms with van der Waals surface area (Å²) in [4.78, 5) is 21.6. The molecule has 0 saturated carbocycles. The first kappa shape index (κ1) is 14.8. The van der Waals surface area contributed by atoms with Gasteiger partial charge in [-0.3, -0.25) is 9.59 Å². The Morgan fingerprint density at radius 1 is 1.32 bits per heavy atom. The van der Waals surface area contributed by atoms with Gasteiger partial charge in [0.25, 0.3) is 0 Å². The lowest BCUT2D eigenvalue weighted by atomic mass is 9.99. The number of aromatic hydroxyl groups is 1. The van der Waals surface area contributed by atoms with Crippen molar-refractivity contribution in [2.45, 2.75) is 12.1 Å². The highest BCUT2D eigenvalue weighted by atomic mass is 19.4.